The standard InChI is InChI=1S/C14H17FINO2/c1-2-17-7-3-4-11(9-17)19-14(18)12-6-5-10(15)8-13(12)16/h5-6,8,11H,2-4,7,9H2,1H3. The predicted octanol–water partition coefficient (Wildman–Crippen LogP) is 3.07. The van der Waals surface area contributed by atoms with Crippen molar-refractivity contribution in [2.45, 2.75) is 25.9 Å². The number of halogens is 2. The minimum absolute atomic E-state index is 0.0537. The molecule has 0 bridgehead atoms. The van der Waals surface area contributed by atoms with Crippen molar-refractivity contribution in [3.05, 3.63) is 33.1 Å². The summed E-state index contributed by atoms with van der Waals surface area (Å²) >= 11 is 1.96. The maximum atomic E-state index is 13.0. The molecule has 1 saturated heterocycles. The Morgan fingerprint density at radius 3 is 3.05 bits per heavy atom. The summed E-state index contributed by atoms with van der Waals surface area (Å²) in [7, 11) is 0. The Morgan fingerprint density at radius 2 is 2.37 bits per heavy atom. The monoisotopic (exact) mass is 377 g/mol. The predicted molar refractivity (Wildman–Crippen MR) is 79.7 cm³/mol. The lowest BCUT2D eigenvalue weighted by Crippen LogP contribution is -2.40. The van der Waals surface area contributed by atoms with E-state index in [4.69, 9.17) is 4.74 Å². The molecular weight excluding hydrogens is 360 g/mol. The van der Waals surface area contributed by atoms with Gasteiger partial charge in [0.1, 0.15) is 11.9 Å². The van der Waals surface area contributed by atoms with Crippen molar-refractivity contribution in [3.8, 4) is 0 Å². The smallest absolute Gasteiger partial charge is 0.339 e. The highest BCUT2D eigenvalue weighted by atomic mass is 127. The fraction of sp³-hybridized carbons (Fsp3) is 0.500. The molecular formula is C14H17FINO2. The van der Waals surface area contributed by atoms with Crippen molar-refractivity contribution in [1.82, 2.24) is 4.90 Å². The van der Waals surface area contributed by atoms with Gasteiger partial charge in [-0.05, 0) is 66.7 Å². The Labute approximate surface area is 126 Å². The lowest BCUT2D eigenvalue weighted by molar-refractivity contribution is 0.00763. The maximum Gasteiger partial charge on any atom is 0.339 e. The number of benzene rings is 1. The number of ether oxygens (including phenoxy) is 1. The number of likely N-dealkylation sites (tertiary alicyclic amines) is 1. The molecule has 0 spiro atoms. The fourth-order valence-corrected chi connectivity index (χ4v) is 2.96. The number of hydrogen-bond donors (Lipinski definition) is 0. The molecule has 1 atom stereocenters. The van der Waals surface area contributed by atoms with Crippen molar-refractivity contribution in [2.24, 2.45) is 0 Å². The van der Waals surface area contributed by atoms with Crippen LogP contribution in [0, 0.1) is 9.39 Å². The van der Waals surface area contributed by atoms with Gasteiger partial charge in [-0.15, -0.1) is 0 Å². The van der Waals surface area contributed by atoms with Crippen molar-refractivity contribution < 1.29 is 13.9 Å². The van der Waals surface area contributed by atoms with Crippen LogP contribution in [0.4, 0.5) is 4.39 Å². The third kappa shape index (κ3) is 3.89. The molecule has 1 aliphatic heterocycles. The zero-order valence-electron chi connectivity index (χ0n) is 10.9. The minimum atomic E-state index is -0.354. The van der Waals surface area contributed by atoms with Gasteiger partial charge in [0.25, 0.3) is 0 Å². The van der Waals surface area contributed by atoms with Crippen LogP contribution in [-0.4, -0.2) is 36.6 Å². The van der Waals surface area contributed by atoms with Gasteiger partial charge in [-0.3, -0.25) is 4.90 Å². The van der Waals surface area contributed by atoms with E-state index >= 15 is 0 Å². The second-order valence-electron chi connectivity index (χ2n) is 4.69. The summed E-state index contributed by atoms with van der Waals surface area (Å²) in [6, 6.07) is 4.12. The molecule has 3 nitrogen and oxygen atoms in total. The van der Waals surface area contributed by atoms with E-state index in [9.17, 15) is 9.18 Å². The summed E-state index contributed by atoms with van der Waals surface area (Å²) < 4.78 is 19.1. The van der Waals surface area contributed by atoms with Crippen LogP contribution in [0.15, 0.2) is 18.2 Å². The average molecular weight is 377 g/mol. The van der Waals surface area contributed by atoms with Crippen LogP contribution >= 0.6 is 22.6 Å². The normalized spacial score (nSPS) is 20.3. The van der Waals surface area contributed by atoms with Gasteiger partial charge in [-0.1, -0.05) is 6.92 Å². The molecule has 0 aromatic heterocycles. The molecule has 1 unspecified atom stereocenters. The number of carbonyl (C=O) groups is 1. The molecule has 0 saturated carbocycles. The van der Waals surface area contributed by atoms with Crippen molar-refractivity contribution in [1.29, 1.82) is 0 Å². The maximum absolute atomic E-state index is 13.0. The molecule has 19 heavy (non-hydrogen) atoms. The second-order valence-corrected chi connectivity index (χ2v) is 5.85. The Kier molecular flexibility index (Phi) is 5.15. The summed E-state index contributed by atoms with van der Waals surface area (Å²) in [4.78, 5) is 14.3. The van der Waals surface area contributed by atoms with Crippen LogP contribution in [-0.2, 0) is 4.74 Å². The van der Waals surface area contributed by atoms with Gasteiger partial charge in [0.2, 0.25) is 0 Å². The first-order chi connectivity index (χ1) is 9.10. The highest BCUT2D eigenvalue weighted by Gasteiger charge is 2.23. The van der Waals surface area contributed by atoms with Crippen LogP contribution in [0.1, 0.15) is 30.1 Å². The minimum Gasteiger partial charge on any atom is -0.457 e. The highest BCUT2D eigenvalue weighted by molar-refractivity contribution is 14.1. The third-order valence-corrected chi connectivity index (χ3v) is 4.23. The van der Waals surface area contributed by atoms with Gasteiger partial charge in [0.05, 0.1) is 5.56 Å². The fourth-order valence-electron chi connectivity index (χ4n) is 2.27. The van der Waals surface area contributed by atoms with Crippen LogP contribution in [0.2, 0.25) is 0 Å². The van der Waals surface area contributed by atoms with E-state index in [1.54, 1.807) is 0 Å². The molecule has 1 aliphatic rings. The SMILES string of the molecule is CCN1CCCC(OC(=O)c2ccc(F)cc2I)C1. The molecule has 1 aromatic rings. The first-order valence-corrected chi connectivity index (χ1v) is 7.56. The highest BCUT2D eigenvalue weighted by Crippen LogP contribution is 2.18. The molecule has 0 radical (unpaired) electrons. The van der Waals surface area contributed by atoms with E-state index in [0.717, 1.165) is 32.5 Å². The largest absolute Gasteiger partial charge is 0.457 e. The van der Waals surface area contributed by atoms with Gasteiger partial charge in [-0.2, -0.15) is 0 Å². The van der Waals surface area contributed by atoms with Gasteiger partial charge >= 0.3 is 5.97 Å². The zero-order valence-corrected chi connectivity index (χ0v) is 13.0. The van der Waals surface area contributed by atoms with E-state index in [2.05, 4.69) is 11.8 Å². The molecule has 0 amide bonds. The van der Waals surface area contributed by atoms with Crippen LogP contribution in [0.25, 0.3) is 0 Å². The molecule has 104 valence electrons. The molecule has 1 fully saturated rings. The van der Waals surface area contributed by atoms with Crippen LogP contribution in [0.5, 0.6) is 0 Å². The van der Waals surface area contributed by atoms with Crippen molar-refractivity contribution in [2.75, 3.05) is 19.6 Å². The third-order valence-electron chi connectivity index (χ3n) is 3.33. The number of piperidine rings is 1. The van der Waals surface area contributed by atoms with Gasteiger partial charge in [-0.25, -0.2) is 9.18 Å². The summed E-state index contributed by atoms with van der Waals surface area (Å²) in [6.07, 6.45) is 1.90. The quantitative estimate of drug-likeness (QED) is 0.599. The van der Waals surface area contributed by atoms with Gasteiger partial charge < -0.3 is 4.74 Å². The lowest BCUT2D eigenvalue weighted by Gasteiger charge is -2.31. The Hall–Kier alpha value is -0.690. The number of nitrogens with zero attached hydrogens (tertiary/aromatic N) is 1. The number of likely N-dealkylation sites (N-methyl/N-ethyl adjacent to an activating group) is 1. The lowest BCUT2D eigenvalue weighted by atomic mass is 10.1. The number of esters is 1. The van der Waals surface area contributed by atoms with E-state index in [-0.39, 0.29) is 17.9 Å². The summed E-state index contributed by atoms with van der Waals surface area (Å²) in [6.45, 7) is 4.94. The number of rotatable bonds is 3. The second kappa shape index (κ2) is 6.65. The Balaban J connectivity index is 2.00. The molecule has 1 aromatic carbocycles. The van der Waals surface area contributed by atoms with E-state index in [0.29, 0.717) is 9.13 Å². The Morgan fingerprint density at radius 1 is 1.58 bits per heavy atom. The van der Waals surface area contributed by atoms with Crippen LogP contribution < -0.4 is 0 Å². The topological polar surface area (TPSA) is 29.5 Å². The molecule has 1 heterocycles. The van der Waals surface area contributed by atoms with E-state index in [1.165, 1.54) is 18.2 Å². The summed E-state index contributed by atoms with van der Waals surface area (Å²) in [5.41, 5.74) is 0.440. The molecule has 0 aliphatic carbocycles. The van der Waals surface area contributed by atoms with E-state index < -0.39 is 0 Å². The number of hydrogen-bond acceptors (Lipinski definition) is 3. The van der Waals surface area contributed by atoms with Crippen molar-refractivity contribution >= 4 is 28.6 Å². The molecule has 5 heteroatoms. The van der Waals surface area contributed by atoms with Crippen LogP contribution in [0.3, 0.4) is 0 Å². The Bertz CT molecular complexity index is 467. The van der Waals surface area contributed by atoms with Gasteiger partial charge in [0, 0.05) is 10.1 Å². The summed E-state index contributed by atoms with van der Waals surface area (Å²) in [5, 5.41) is 0. The van der Waals surface area contributed by atoms with Gasteiger partial charge in [0.15, 0.2) is 0 Å². The zero-order chi connectivity index (χ0) is 13.8. The number of carbonyl (C=O) groups excluding carboxylic acids is 1. The van der Waals surface area contributed by atoms with Crippen molar-refractivity contribution in [3.63, 3.8) is 0 Å². The molecule has 2 rings (SSSR count). The first-order valence-electron chi connectivity index (χ1n) is 6.48. The summed E-state index contributed by atoms with van der Waals surface area (Å²) in [5.74, 6) is -0.692. The first kappa shape index (κ1) is 14.7. The molecule has 0 N–H and O–H groups in total. The average Bonchev–Trinajstić information content (AvgIpc) is 2.38. The van der Waals surface area contributed by atoms with E-state index in [1.807, 2.05) is 22.6 Å².